The lowest BCUT2D eigenvalue weighted by molar-refractivity contribution is -0.129. The average molecular weight is 348 g/mol. The molecule has 1 aliphatic carbocycles. The summed E-state index contributed by atoms with van der Waals surface area (Å²) in [4.78, 5) is 26.9. The van der Waals surface area contributed by atoms with E-state index >= 15 is 0 Å². The Morgan fingerprint density at radius 3 is 2.69 bits per heavy atom. The molecule has 26 heavy (non-hydrogen) atoms. The minimum atomic E-state index is -0.250. The molecule has 4 heteroatoms. The number of nitrogens with one attached hydrogen (secondary N) is 1. The van der Waals surface area contributed by atoms with Gasteiger partial charge >= 0.3 is 0 Å². The van der Waals surface area contributed by atoms with E-state index in [1.165, 1.54) is 11.1 Å². The standard InChI is InChI=1S/C22H24N2O2/c25-21-13-18(15-24(21)14-16-7-2-1-3-8-16)22(26)23-20-12-6-10-17-9-4-5-11-19(17)20/h1-5,7-9,11,18,20H,6,10,12-15H2,(H,23,26)/t18-,20-/m1/s1. The molecule has 0 aromatic heterocycles. The Balaban J connectivity index is 1.40. The van der Waals surface area contributed by atoms with Crippen LogP contribution in [0.2, 0.25) is 0 Å². The van der Waals surface area contributed by atoms with Crippen LogP contribution in [0.1, 0.15) is 42.0 Å². The number of rotatable bonds is 4. The van der Waals surface area contributed by atoms with E-state index in [0.717, 1.165) is 24.8 Å². The minimum Gasteiger partial charge on any atom is -0.349 e. The van der Waals surface area contributed by atoms with Crippen molar-refractivity contribution in [2.45, 2.75) is 38.3 Å². The van der Waals surface area contributed by atoms with Gasteiger partial charge in [-0.1, -0.05) is 54.6 Å². The van der Waals surface area contributed by atoms with Crippen molar-refractivity contribution in [3.05, 3.63) is 71.3 Å². The van der Waals surface area contributed by atoms with Gasteiger partial charge in [-0.3, -0.25) is 9.59 Å². The van der Waals surface area contributed by atoms with Crippen LogP contribution in [-0.2, 0) is 22.6 Å². The molecule has 0 spiro atoms. The van der Waals surface area contributed by atoms with Gasteiger partial charge in [-0.25, -0.2) is 0 Å². The zero-order chi connectivity index (χ0) is 17.9. The van der Waals surface area contributed by atoms with Crippen molar-refractivity contribution in [2.24, 2.45) is 5.92 Å². The number of aryl methyl sites for hydroxylation is 1. The van der Waals surface area contributed by atoms with Crippen LogP contribution in [-0.4, -0.2) is 23.3 Å². The quantitative estimate of drug-likeness (QED) is 0.922. The Morgan fingerprint density at radius 2 is 1.85 bits per heavy atom. The molecule has 0 unspecified atom stereocenters. The first-order valence-corrected chi connectivity index (χ1v) is 9.40. The SMILES string of the molecule is O=C(N[C@@H]1CCCc2ccccc21)[C@@H]1CC(=O)N(Cc2ccccc2)C1. The van der Waals surface area contributed by atoms with Gasteiger partial charge in [0, 0.05) is 19.5 Å². The van der Waals surface area contributed by atoms with Gasteiger partial charge in [0.1, 0.15) is 0 Å². The summed E-state index contributed by atoms with van der Waals surface area (Å²) in [5.41, 5.74) is 3.66. The second kappa shape index (κ2) is 7.32. The maximum absolute atomic E-state index is 12.8. The number of hydrogen-bond donors (Lipinski definition) is 1. The lowest BCUT2D eigenvalue weighted by Gasteiger charge is -2.27. The maximum atomic E-state index is 12.8. The predicted octanol–water partition coefficient (Wildman–Crippen LogP) is 3.23. The lowest BCUT2D eigenvalue weighted by Crippen LogP contribution is -2.36. The molecule has 2 aliphatic rings. The van der Waals surface area contributed by atoms with E-state index in [4.69, 9.17) is 0 Å². The van der Waals surface area contributed by atoms with Crippen LogP contribution in [0.4, 0.5) is 0 Å². The van der Waals surface area contributed by atoms with Crippen LogP contribution < -0.4 is 5.32 Å². The van der Waals surface area contributed by atoms with E-state index < -0.39 is 0 Å². The summed E-state index contributed by atoms with van der Waals surface area (Å²) in [7, 11) is 0. The third kappa shape index (κ3) is 3.50. The highest BCUT2D eigenvalue weighted by molar-refractivity contribution is 5.89. The van der Waals surface area contributed by atoms with Crippen molar-refractivity contribution in [2.75, 3.05) is 6.54 Å². The highest BCUT2D eigenvalue weighted by Gasteiger charge is 2.35. The summed E-state index contributed by atoms with van der Waals surface area (Å²) in [5.74, 6) is -0.172. The van der Waals surface area contributed by atoms with Crippen molar-refractivity contribution in [1.82, 2.24) is 10.2 Å². The molecular formula is C22H24N2O2. The molecule has 1 saturated heterocycles. The molecule has 1 aliphatic heterocycles. The molecule has 4 nitrogen and oxygen atoms in total. The van der Waals surface area contributed by atoms with Gasteiger partial charge in [0.2, 0.25) is 11.8 Å². The highest BCUT2D eigenvalue weighted by atomic mass is 16.2. The molecular weight excluding hydrogens is 324 g/mol. The third-order valence-electron chi connectivity index (χ3n) is 5.49. The average Bonchev–Trinajstić information content (AvgIpc) is 3.03. The largest absolute Gasteiger partial charge is 0.349 e. The van der Waals surface area contributed by atoms with Crippen molar-refractivity contribution < 1.29 is 9.59 Å². The number of carbonyl (C=O) groups excluding carboxylic acids is 2. The van der Waals surface area contributed by atoms with E-state index in [0.29, 0.717) is 19.5 Å². The van der Waals surface area contributed by atoms with Crippen LogP contribution in [0.15, 0.2) is 54.6 Å². The number of carbonyl (C=O) groups is 2. The van der Waals surface area contributed by atoms with Gasteiger partial charge in [-0.15, -0.1) is 0 Å². The van der Waals surface area contributed by atoms with Gasteiger partial charge in [-0.05, 0) is 36.0 Å². The molecule has 1 heterocycles. The summed E-state index contributed by atoms with van der Waals surface area (Å²) in [5, 5.41) is 3.20. The van der Waals surface area contributed by atoms with E-state index in [1.54, 1.807) is 4.90 Å². The first-order valence-electron chi connectivity index (χ1n) is 9.40. The van der Waals surface area contributed by atoms with Crippen LogP contribution >= 0.6 is 0 Å². The Kier molecular flexibility index (Phi) is 4.74. The van der Waals surface area contributed by atoms with Crippen molar-refractivity contribution in [1.29, 1.82) is 0 Å². The second-order valence-electron chi connectivity index (χ2n) is 7.31. The number of nitrogens with zero attached hydrogens (tertiary/aromatic N) is 1. The van der Waals surface area contributed by atoms with Crippen molar-refractivity contribution in [3.63, 3.8) is 0 Å². The molecule has 2 amide bonds. The molecule has 0 radical (unpaired) electrons. The second-order valence-corrected chi connectivity index (χ2v) is 7.31. The van der Waals surface area contributed by atoms with Crippen molar-refractivity contribution >= 4 is 11.8 Å². The smallest absolute Gasteiger partial charge is 0.225 e. The zero-order valence-electron chi connectivity index (χ0n) is 14.9. The van der Waals surface area contributed by atoms with Gasteiger partial charge in [0.05, 0.1) is 12.0 Å². The molecule has 0 bridgehead atoms. The Morgan fingerprint density at radius 1 is 1.08 bits per heavy atom. The minimum absolute atomic E-state index is 0.00983. The predicted molar refractivity (Wildman–Crippen MR) is 100 cm³/mol. The first kappa shape index (κ1) is 16.8. The summed E-state index contributed by atoms with van der Waals surface area (Å²) >= 11 is 0. The number of fused-ring (bicyclic) bond motifs is 1. The maximum Gasteiger partial charge on any atom is 0.225 e. The fraction of sp³-hybridized carbons (Fsp3) is 0.364. The third-order valence-corrected chi connectivity index (χ3v) is 5.49. The highest BCUT2D eigenvalue weighted by Crippen LogP contribution is 2.30. The Labute approximate surface area is 154 Å². The van der Waals surface area contributed by atoms with E-state index in [-0.39, 0.29) is 23.8 Å². The van der Waals surface area contributed by atoms with Gasteiger partial charge in [0.25, 0.3) is 0 Å². The fourth-order valence-corrected chi connectivity index (χ4v) is 4.10. The molecule has 4 rings (SSSR count). The summed E-state index contributed by atoms with van der Waals surface area (Å²) in [6.45, 7) is 1.09. The number of likely N-dealkylation sites (tertiary alicyclic amines) is 1. The normalized spacial score (nSPS) is 22.2. The van der Waals surface area contributed by atoms with Gasteiger partial charge in [0.15, 0.2) is 0 Å². The molecule has 1 N–H and O–H groups in total. The summed E-state index contributed by atoms with van der Waals surface area (Å²) in [6, 6.07) is 18.4. The lowest BCUT2D eigenvalue weighted by atomic mass is 9.87. The number of amides is 2. The van der Waals surface area contributed by atoms with Crippen molar-refractivity contribution in [3.8, 4) is 0 Å². The van der Waals surface area contributed by atoms with Gasteiger partial charge < -0.3 is 10.2 Å². The fourth-order valence-electron chi connectivity index (χ4n) is 4.10. The molecule has 0 saturated carbocycles. The van der Waals surface area contributed by atoms with E-state index in [1.807, 2.05) is 36.4 Å². The van der Waals surface area contributed by atoms with Crippen LogP contribution in [0.3, 0.4) is 0 Å². The number of benzene rings is 2. The monoisotopic (exact) mass is 348 g/mol. The summed E-state index contributed by atoms with van der Waals surface area (Å²) in [6.07, 6.45) is 3.45. The van der Waals surface area contributed by atoms with Crippen LogP contribution in [0.5, 0.6) is 0 Å². The van der Waals surface area contributed by atoms with Crippen LogP contribution in [0.25, 0.3) is 0 Å². The summed E-state index contributed by atoms with van der Waals surface area (Å²) < 4.78 is 0. The first-order chi connectivity index (χ1) is 12.7. The molecule has 134 valence electrons. The topological polar surface area (TPSA) is 49.4 Å². The molecule has 1 fully saturated rings. The molecule has 2 atom stereocenters. The molecule has 2 aromatic carbocycles. The van der Waals surface area contributed by atoms with Crippen LogP contribution in [0, 0.1) is 5.92 Å². The van der Waals surface area contributed by atoms with E-state index in [2.05, 4.69) is 23.5 Å². The van der Waals surface area contributed by atoms with Gasteiger partial charge in [-0.2, -0.15) is 0 Å². The van der Waals surface area contributed by atoms with E-state index in [9.17, 15) is 9.59 Å². The molecule has 2 aromatic rings. The zero-order valence-corrected chi connectivity index (χ0v) is 14.9. The Hall–Kier alpha value is -2.62. The number of hydrogen-bond acceptors (Lipinski definition) is 2. The Bertz CT molecular complexity index is 803.